The SMILES string of the molecule is CCOc1ccc(N2CCCN(c3ccc(S(=O)CCN)cc3)CC2)cc1. The minimum absolute atomic E-state index is 0.446. The Balaban J connectivity index is 1.61. The summed E-state index contributed by atoms with van der Waals surface area (Å²) in [6.45, 7) is 7.16. The van der Waals surface area contributed by atoms with E-state index < -0.39 is 10.8 Å². The van der Waals surface area contributed by atoms with Crippen LogP contribution in [0.1, 0.15) is 13.3 Å². The van der Waals surface area contributed by atoms with Gasteiger partial charge < -0.3 is 20.3 Å². The van der Waals surface area contributed by atoms with Gasteiger partial charge in [-0.25, -0.2) is 0 Å². The van der Waals surface area contributed by atoms with Crippen molar-refractivity contribution in [2.24, 2.45) is 5.73 Å². The molecule has 146 valence electrons. The van der Waals surface area contributed by atoms with E-state index in [1.165, 1.54) is 11.4 Å². The van der Waals surface area contributed by atoms with Crippen molar-refractivity contribution in [2.75, 3.05) is 54.9 Å². The number of hydrogen-bond acceptors (Lipinski definition) is 5. The van der Waals surface area contributed by atoms with Crippen molar-refractivity contribution >= 4 is 22.2 Å². The third-order valence-corrected chi connectivity index (χ3v) is 6.18. The Morgan fingerprint density at radius 1 is 0.926 bits per heavy atom. The van der Waals surface area contributed by atoms with Crippen LogP contribution < -0.4 is 20.3 Å². The summed E-state index contributed by atoms with van der Waals surface area (Å²) >= 11 is 0. The molecule has 0 saturated carbocycles. The van der Waals surface area contributed by atoms with E-state index in [2.05, 4.69) is 34.1 Å². The van der Waals surface area contributed by atoms with Gasteiger partial charge in [-0.1, -0.05) is 0 Å². The Morgan fingerprint density at radius 2 is 1.48 bits per heavy atom. The number of benzene rings is 2. The van der Waals surface area contributed by atoms with Gasteiger partial charge in [-0.2, -0.15) is 0 Å². The number of anilines is 2. The number of ether oxygens (including phenoxy) is 1. The molecule has 1 heterocycles. The number of nitrogens with zero attached hydrogens (tertiary/aromatic N) is 2. The first-order valence-corrected chi connectivity index (χ1v) is 10.9. The quantitative estimate of drug-likeness (QED) is 0.792. The van der Waals surface area contributed by atoms with Crippen molar-refractivity contribution in [2.45, 2.75) is 18.2 Å². The molecule has 0 amide bonds. The van der Waals surface area contributed by atoms with Crippen molar-refractivity contribution < 1.29 is 8.95 Å². The molecule has 1 atom stereocenters. The Bertz CT molecular complexity index is 734. The first kappa shape index (κ1) is 19.7. The van der Waals surface area contributed by atoms with Gasteiger partial charge in [0.15, 0.2) is 0 Å². The zero-order valence-electron chi connectivity index (χ0n) is 16.0. The molecule has 2 N–H and O–H groups in total. The van der Waals surface area contributed by atoms with Crippen molar-refractivity contribution in [3.05, 3.63) is 48.5 Å². The molecule has 2 aromatic carbocycles. The standard InChI is InChI=1S/C21H29N3O2S/c1-2-26-20-8-4-18(5-9-20)23-13-3-14-24(16-15-23)19-6-10-21(11-7-19)27(25)17-12-22/h4-11H,2-3,12-17,22H2,1H3. The molecule has 0 aromatic heterocycles. The lowest BCUT2D eigenvalue weighted by atomic mass is 10.2. The molecule has 1 aliphatic heterocycles. The molecule has 5 nitrogen and oxygen atoms in total. The molecule has 6 heteroatoms. The van der Waals surface area contributed by atoms with E-state index in [1.807, 2.05) is 31.2 Å². The second-order valence-electron chi connectivity index (χ2n) is 6.59. The highest BCUT2D eigenvalue weighted by Gasteiger charge is 2.16. The van der Waals surface area contributed by atoms with Crippen LogP contribution in [0.25, 0.3) is 0 Å². The van der Waals surface area contributed by atoms with E-state index in [0.29, 0.717) is 18.9 Å². The van der Waals surface area contributed by atoms with Crippen molar-refractivity contribution in [1.29, 1.82) is 0 Å². The van der Waals surface area contributed by atoms with Crippen molar-refractivity contribution in [3.8, 4) is 5.75 Å². The van der Waals surface area contributed by atoms with E-state index in [1.54, 1.807) is 0 Å². The Kier molecular flexibility index (Phi) is 7.12. The van der Waals surface area contributed by atoms with E-state index in [-0.39, 0.29) is 0 Å². The van der Waals surface area contributed by atoms with Crippen LogP contribution in [0.5, 0.6) is 5.75 Å². The zero-order chi connectivity index (χ0) is 19.1. The first-order chi connectivity index (χ1) is 13.2. The minimum Gasteiger partial charge on any atom is -0.494 e. The topological polar surface area (TPSA) is 58.8 Å². The van der Waals surface area contributed by atoms with Crippen LogP contribution in [0.2, 0.25) is 0 Å². The molecule has 0 spiro atoms. The second kappa shape index (κ2) is 9.76. The largest absolute Gasteiger partial charge is 0.494 e. The Labute approximate surface area is 164 Å². The molecule has 1 fully saturated rings. The van der Waals surface area contributed by atoms with E-state index in [4.69, 9.17) is 10.5 Å². The summed E-state index contributed by atoms with van der Waals surface area (Å²) in [5.41, 5.74) is 7.94. The van der Waals surface area contributed by atoms with Gasteiger partial charge in [0.1, 0.15) is 5.75 Å². The smallest absolute Gasteiger partial charge is 0.119 e. The lowest BCUT2D eigenvalue weighted by molar-refractivity contribution is 0.340. The second-order valence-corrected chi connectivity index (χ2v) is 8.16. The summed E-state index contributed by atoms with van der Waals surface area (Å²) < 4.78 is 17.6. The van der Waals surface area contributed by atoms with Gasteiger partial charge in [0, 0.05) is 54.7 Å². The molecule has 27 heavy (non-hydrogen) atoms. The van der Waals surface area contributed by atoms with E-state index >= 15 is 0 Å². The summed E-state index contributed by atoms with van der Waals surface area (Å²) in [5, 5.41) is 0. The molecule has 0 aliphatic carbocycles. The lowest BCUT2D eigenvalue weighted by Crippen LogP contribution is -2.30. The highest BCUT2D eigenvalue weighted by atomic mass is 32.2. The average Bonchev–Trinajstić information content (AvgIpc) is 2.95. The Hall–Kier alpha value is -2.05. The third-order valence-electron chi connectivity index (χ3n) is 4.78. The maximum Gasteiger partial charge on any atom is 0.119 e. The average molecular weight is 388 g/mol. The van der Waals surface area contributed by atoms with Crippen molar-refractivity contribution in [3.63, 3.8) is 0 Å². The van der Waals surface area contributed by atoms with Gasteiger partial charge in [-0.3, -0.25) is 4.21 Å². The molecule has 1 saturated heterocycles. The highest BCUT2D eigenvalue weighted by Crippen LogP contribution is 2.23. The predicted molar refractivity (Wildman–Crippen MR) is 113 cm³/mol. The summed E-state index contributed by atoms with van der Waals surface area (Å²) in [6, 6.07) is 16.5. The van der Waals surface area contributed by atoms with Crippen LogP contribution in [-0.4, -0.2) is 49.3 Å². The lowest BCUT2D eigenvalue weighted by Gasteiger charge is -2.25. The fourth-order valence-corrected chi connectivity index (χ4v) is 4.28. The molecule has 0 bridgehead atoms. The maximum atomic E-state index is 12.1. The molecule has 2 aromatic rings. The van der Waals surface area contributed by atoms with Gasteiger partial charge in [0.2, 0.25) is 0 Å². The molecule has 1 unspecified atom stereocenters. The molecular formula is C21H29N3O2S. The van der Waals surface area contributed by atoms with Crippen LogP contribution in [0.3, 0.4) is 0 Å². The zero-order valence-corrected chi connectivity index (χ0v) is 16.8. The van der Waals surface area contributed by atoms with E-state index in [0.717, 1.165) is 43.2 Å². The van der Waals surface area contributed by atoms with Crippen LogP contribution in [-0.2, 0) is 10.8 Å². The van der Waals surface area contributed by atoms with Crippen molar-refractivity contribution in [1.82, 2.24) is 0 Å². The number of hydrogen-bond donors (Lipinski definition) is 1. The fraction of sp³-hybridized carbons (Fsp3) is 0.429. The molecular weight excluding hydrogens is 358 g/mol. The summed E-state index contributed by atoms with van der Waals surface area (Å²) in [7, 11) is -0.996. The van der Waals surface area contributed by atoms with Crippen LogP contribution in [0.15, 0.2) is 53.4 Å². The molecule has 3 rings (SSSR count). The third kappa shape index (κ3) is 5.23. The van der Waals surface area contributed by atoms with Crippen LogP contribution in [0, 0.1) is 0 Å². The van der Waals surface area contributed by atoms with Gasteiger partial charge >= 0.3 is 0 Å². The fourth-order valence-electron chi connectivity index (χ4n) is 3.39. The van der Waals surface area contributed by atoms with Gasteiger partial charge in [-0.05, 0) is 61.9 Å². The van der Waals surface area contributed by atoms with Gasteiger partial charge in [-0.15, -0.1) is 0 Å². The monoisotopic (exact) mass is 387 g/mol. The Morgan fingerprint density at radius 3 is 2.00 bits per heavy atom. The predicted octanol–water partition coefficient (Wildman–Crippen LogP) is 2.87. The summed E-state index contributed by atoms with van der Waals surface area (Å²) in [6.07, 6.45) is 1.11. The first-order valence-electron chi connectivity index (χ1n) is 9.62. The molecule has 1 aliphatic rings. The summed E-state index contributed by atoms with van der Waals surface area (Å²) in [5.74, 6) is 1.44. The van der Waals surface area contributed by atoms with Crippen LogP contribution in [0.4, 0.5) is 11.4 Å². The number of nitrogens with two attached hydrogens (primary N) is 1. The van der Waals surface area contributed by atoms with Gasteiger partial charge in [0.25, 0.3) is 0 Å². The van der Waals surface area contributed by atoms with Gasteiger partial charge in [0.05, 0.1) is 17.4 Å². The van der Waals surface area contributed by atoms with E-state index in [9.17, 15) is 4.21 Å². The summed E-state index contributed by atoms with van der Waals surface area (Å²) in [4.78, 5) is 5.69. The van der Waals surface area contributed by atoms with Crippen LogP contribution >= 0.6 is 0 Å². The highest BCUT2D eigenvalue weighted by molar-refractivity contribution is 7.85. The normalized spacial score (nSPS) is 16.1. The minimum atomic E-state index is -0.996. The molecule has 0 radical (unpaired) electrons. The maximum absolute atomic E-state index is 12.1. The number of rotatable bonds is 7.